The van der Waals surface area contributed by atoms with E-state index in [-0.39, 0.29) is 11.5 Å². The van der Waals surface area contributed by atoms with Crippen molar-refractivity contribution in [2.45, 2.75) is 0 Å². The van der Waals surface area contributed by atoms with Crippen LogP contribution in [-0.4, -0.2) is 0 Å². The molecule has 2 rings (SSSR count). The van der Waals surface area contributed by atoms with E-state index in [0.29, 0.717) is 0 Å². The molecule has 90 valence electrons. The van der Waals surface area contributed by atoms with Crippen molar-refractivity contribution in [1.82, 2.24) is 0 Å². The van der Waals surface area contributed by atoms with Crippen LogP contribution in [-0.2, 0) is 0 Å². The van der Waals surface area contributed by atoms with Gasteiger partial charge in [0.15, 0.2) is 0 Å². The first kappa shape index (κ1) is 11.7. The molecule has 0 aromatic heterocycles. The molecule has 0 saturated carbocycles. The first-order valence-electron chi connectivity index (χ1n) is 4.40. The number of azide groups is 1. The average Bonchev–Trinajstić information content (AvgIpc) is 2.64. The minimum atomic E-state index is -4.84. The predicted molar refractivity (Wildman–Crippen MR) is 62.1 cm³/mol. The number of para-hydroxylation sites is 2. The molecule has 0 saturated heterocycles. The standard InChI is InChI=1S/C6H4N9O2P/c7-10-13-18(14-11-8,15-12-9)16-5-3-1-2-4-6(5)17-18/h1-4H. The van der Waals surface area contributed by atoms with Crippen LogP contribution < -0.4 is 9.05 Å². The van der Waals surface area contributed by atoms with Crippen molar-refractivity contribution in [3.63, 3.8) is 0 Å². The Kier molecular flexibility index (Phi) is 2.52. The molecular weight excluding hydrogens is 261 g/mol. The predicted octanol–water partition coefficient (Wildman–Crippen LogP) is 4.52. The molecule has 1 aromatic carbocycles. The third-order valence-corrected chi connectivity index (χ3v) is 4.13. The van der Waals surface area contributed by atoms with Crippen LogP contribution in [0.25, 0.3) is 31.3 Å². The van der Waals surface area contributed by atoms with Crippen molar-refractivity contribution in [3.8, 4) is 11.5 Å². The van der Waals surface area contributed by atoms with Crippen LogP contribution in [0.4, 0.5) is 0 Å². The topological polar surface area (TPSA) is 165 Å². The van der Waals surface area contributed by atoms with E-state index >= 15 is 0 Å². The Bertz CT molecular complexity index is 577. The maximum absolute atomic E-state index is 8.55. The summed E-state index contributed by atoms with van der Waals surface area (Å²) < 4.78 is 10.5. The van der Waals surface area contributed by atoms with E-state index in [4.69, 9.17) is 25.6 Å². The fraction of sp³-hybridized carbons (Fsp3) is 0. The molecule has 0 amide bonds. The first-order chi connectivity index (χ1) is 8.67. The van der Waals surface area contributed by atoms with Gasteiger partial charge in [-0.2, -0.15) is 0 Å². The zero-order valence-electron chi connectivity index (χ0n) is 8.60. The normalized spacial score (nSPS) is 19.0. The zero-order chi connectivity index (χ0) is 13.1. The van der Waals surface area contributed by atoms with Gasteiger partial charge in [0.1, 0.15) is 0 Å². The van der Waals surface area contributed by atoms with E-state index in [0.717, 1.165) is 0 Å². The van der Waals surface area contributed by atoms with E-state index in [1.165, 1.54) is 12.1 Å². The Morgan fingerprint density at radius 2 is 1.22 bits per heavy atom. The summed E-state index contributed by atoms with van der Waals surface area (Å²) in [6.45, 7) is 0. The fourth-order valence-corrected chi connectivity index (χ4v) is 3.10. The Hall–Kier alpha value is -2.82. The van der Waals surface area contributed by atoms with Gasteiger partial charge in [-0.15, -0.1) is 0 Å². The van der Waals surface area contributed by atoms with Gasteiger partial charge in [0.2, 0.25) is 0 Å². The maximum atomic E-state index is 8.55. The van der Waals surface area contributed by atoms with Crippen molar-refractivity contribution in [2.75, 3.05) is 0 Å². The molecule has 0 bridgehead atoms. The van der Waals surface area contributed by atoms with Crippen molar-refractivity contribution >= 4 is 7.51 Å². The van der Waals surface area contributed by atoms with Crippen molar-refractivity contribution < 1.29 is 9.05 Å². The third kappa shape index (κ3) is 1.58. The van der Waals surface area contributed by atoms with E-state index < -0.39 is 7.51 Å². The second kappa shape index (κ2) is 3.89. The summed E-state index contributed by atoms with van der Waals surface area (Å²) in [5.41, 5.74) is 25.7. The molecule has 0 unspecified atom stereocenters. The van der Waals surface area contributed by atoms with Crippen molar-refractivity contribution in [2.24, 2.45) is 14.7 Å². The zero-order valence-corrected chi connectivity index (χ0v) is 9.49. The van der Waals surface area contributed by atoms with Crippen LogP contribution in [0.3, 0.4) is 0 Å². The van der Waals surface area contributed by atoms with E-state index in [2.05, 4.69) is 29.4 Å². The molecule has 0 radical (unpaired) electrons. The second-order valence-electron chi connectivity index (χ2n) is 3.00. The molecule has 1 aromatic rings. The van der Waals surface area contributed by atoms with Gasteiger partial charge in [-0.3, -0.25) is 0 Å². The van der Waals surface area contributed by atoms with Gasteiger partial charge in [0.25, 0.3) is 0 Å². The molecule has 12 heteroatoms. The number of fused-ring (bicyclic) bond motifs is 1. The van der Waals surface area contributed by atoms with Gasteiger partial charge < -0.3 is 0 Å². The minimum absolute atomic E-state index is 0.169. The number of nitrogens with zero attached hydrogens (tertiary/aromatic N) is 9. The van der Waals surface area contributed by atoms with Crippen LogP contribution in [0.2, 0.25) is 0 Å². The molecule has 18 heavy (non-hydrogen) atoms. The van der Waals surface area contributed by atoms with Crippen LogP contribution >= 0.6 is 7.51 Å². The molecule has 0 aliphatic carbocycles. The van der Waals surface area contributed by atoms with E-state index in [9.17, 15) is 0 Å². The van der Waals surface area contributed by atoms with Gasteiger partial charge in [0, 0.05) is 0 Å². The summed E-state index contributed by atoms with van der Waals surface area (Å²) in [6, 6.07) is 6.25. The van der Waals surface area contributed by atoms with Gasteiger partial charge in [-0.1, -0.05) is 0 Å². The molecule has 1 heterocycles. The fourth-order valence-electron chi connectivity index (χ4n) is 1.33. The Morgan fingerprint density at radius 1 is 0.833 bits per heavy atom. The number of rotatable bonds is 3. The summed E-state index contributed by atoms with van der Waals surface area (Å²) in [6.07, 6.45) is 0. The molecule has 1 aliphatic rings. The average molecular weight is 265 g/mol. The monoisotopic (exact) mass is 265 g/mol. The molecule has 0 fully saturated rings. The summed E-state index contributed by atoms with van der Waals surface area (Å²) >= 11 is 0. The number of hydrogen-bond acceptors (Lipinski definition) is 5. The Labute approximate surface area is 99.1 Å². The van der Waals surface area contributed by atoms with Crippen LogP contribution in [0.1, 0.15) is 0 Å². The number of benzene rings is 1. The molecule has 0 N–H and O–H groups in total. The number of hydrogen-bond donors (Lipinski definition) is 0. The van der Waals surface area contributed by atoms with Gasteiger partial charge in [-0.25, -0.2) is 0 Å². The van der Waals surface area contributed by atoms with Gasteiger partial charge in [0.05, 0.1) is 0 Å². The Balaban J connectivity index is 2.72. The summed E-state index contributed by atoms with van der Waals surface area (Å²) in [4.78, 5) is 17.1. The molecule has 0 atom stereocenters. The summed E-state index contributed by atoms with van der Waals surface area (Å²) in [7, 11) is -4.84. The molecule has 1 aliphatic heterocycles. The van der Waals surface area contributed by atoms with Crippen LogP contribution in [0.15, 0.2) is 38.9 Å². The van der Waals surface area contributed by atoms with Crippen molar-refractivity contribution in [1.29, 1.82) is 0 Å². The quantitative estimate of drug-likeness (QED) is 0.339. The first-order valence-corrected chi connectivity index (χ1v) is 6.33. The van der Waals surface area contributed by atoms with Gasteiger partial charge in [-0.05, 0) is 0 Å². The van der Waals surface area contributed by atoms with Gasteiger partial charge >= 0.3 is 98.3 Å². The van der Waals surface area contributed by atoms with Crippen molar-refractivity contribution in [3.05, 3.63) is 55.6 Å². The van der Waals surface area contributed by atoms with E-state index in [1.54, 1.807) is 12.1 Å². The Morgan fingerprint density at radius 3 is 1.56 bits per heavy atom. The molecule has 11 nitrogen and oxygen atoms in total. The molecule has 0 spiro atoms. The second-order valence-corrected chi connectivity index (χ2v) is 5.57. The summed E-state index contributed by atoms with van der Waals surface area (Å²) in [5, 5.41) is 0. The summed E-state index contributed by atoms with van der Waals surface area (Å²) in [5.74, 6) is 0.338. The third-order valence-electron chi connectivity index (χ3n) is 1.94. The van der Waals surface area contributed by atoms with Crippen LogP contribution in [0.5, 0.6) is 11.5 Å². The molecular formula is C6H4N9O2P. The SMILES string of the molecule is [N-]=[N+]=NP1(N=[N+]=[N-])(N=[N+]=[N-])Oc2ccccc2O1. The van der Waals surface area contributed by atoms with E-state index in [1.807, 2.05) is 0 Å². The van der Waals surface area contributed by atoms with Crippen LogP contribution in [0, 0.1) is 0 Å².